The Morgan fingerprint density at radius 3 is 2.42 bits per heavy atom. The number of hydrogen-bond donors (Lipinski definition) is 2. The molecule has 0 radical (unpaired) electrons. The maximum absolute atomic E-state index is 10.8. The van der Waals surface area contributed by atoms with Gasteiger partial charge in [-0.1, -0.05) is 6.92 Å². The predicted octanol–water partition coefficient (Wildman–Crippen LogP) is -0.603. The first kappa shape index (κ1) is 12.4. The molecule has 0 aromatic carbocycles. The number of nitrogens with zero attached hydrogens (tertiary/aromatic N) is 1. The molecule has 0 aromatic rings. The summed E-state index contributed by atoms with van der Waals surface area (Å²) in [6.07, 6.45) is 0.860. The average Bonchev–Trinajstić information content (AvgIpc) is 2.18. The Morgan fingerprint density at radius 2 is 2.25 bits per heavy atom. The van der Waals surface area contributed by atoms with Crippen LogP contribution in [-0.2, 0) is 4.79 Å². The van der Waals surface area contributed by atoms with Crippen molar-refractivity contribution in [2.75, 3.05) is 6.54 Å². The summed E-state index contributed by atoms with van der Waals surface area (Å²) in [6, 6.07) is 0. The summed E-state index contributed by atoms with van der Waals surface area (Å²) >= 11 is 0. The molecule has 0 amide bonds. The van der Waals surface area contributed by atoms with Crippen molar-refractivity contribution in [2.45, 2.75) is 25.8 Å². The van der Waals surface area contributed by atoms with Crippen LogP contribution in [-0.4, -0.2) is 57.7 Å². The Kier molecular flexibility index (Phi) is 4.20. The van der Waals surface area contributed by atoms with E-state index in [1.165, 1.54) is 5.01 Å². The zero-order valence-corrected chi connectivity index (χ0v) is 6.87. The van der Waals surface area contributed by atoms with Crippen LogP contribution in [0.15, 0.2) is 0 Å². The third-order valence-electron chi connectivity index (χ3n) is 2.79. The minimum atomic E-state index is -0.861. The summed E-state index contributed by atoms with van der Waals surface area (Å²) in [5.74, 6) is 4.86. The molecule has 1 aliphatic rings. The molecular formula is C7H15N2NaO2. The summed E-state index contributed by atoms with van der Waals surface area (Å²) in [7, 11) is 0. The van der Waals surface area contributed by atoms with Gasteiger partial charge in [-0.05, 0) is 19.3 Å². The van der Waals surface area contributed by atoms with Gasteiger partial charge in [-0.3, -0.25) is 10.6 Å². The molecule has 4 nitrogen and oxygen atoms in total. The van der Waals surface area contributed by atoms with Gasteiger partial charge < -0.3 is 5.11 Å². The summed E-state index contributed by atoms with van der Waals surface area (Å²) in [4.78, 5) is 10.8. The monoisotopic (exact) mass is 182 g/mol. The van der Waals surface area contributed by atoms with Crippen LogP contribution in [0.2, 0.25) is 0 Å². The van der Waals surface area contributed by atoms with E-state index in [9.17, 15) is 4.79 Å². The number of carbonyl (C=O) groups is 1. The van der Waals surface area contributed by atoms with Gasteiger partial charge in [0.15, 0.2) is 0 Å². The molecule has 0 aromatic heterocycles. The summed E-state index contributed by atoms with van der Waals surface area (Å²) in [5, 5.41) is 10.3. The van der Waals surface area contributed by atoms with Gasteiger partial charge in [0.05, 0.1) is 0 Å². The second-order valence-electron chi connectivity index (χ2n) is 3.34. The van der Waals surface area contributed by atoms with Crippen LogP contribution in [0.4, 0.5) is 0 Å². The van der Waals surface area contributed by atoms with E-state index in [4.69, 9.17) is 10.9 Å². The standard InChI is InChI=1S/C7H14N2O2.Na.H/c1-5-3-4-9(8)7(5,2)6(10)11;;/h5H,3-4,8H2,1-2H3,(H,10,11);;. The number of nitrogens with two attached hydrogens (primary N) is 1. The predicted molar refractivity (Wildman–Crippen MR) is 47.9 cm³/mol. The first-order valence-electron chi connectivity index (χ1n) is 3.75. The molecule has 12 heavy (non-hydrogen) atoms. The molecule has 0 spiro atoms. The summed E-state index contributed by atoms with van der Waals surface area (Å²) in [5.41, 5.74) is -0.861. The van der Waals surface area contributed by atoms with E-state index in [2.05, 4.69) is 0 Å². The number of hydrazine groups is 1. The maximum atomic E-state index is 10.8. The Bertz CT molecular complexity index is 176. The topological polar surface area (TPSA) is 66.6 Å². The molecule has 1 saturated heterocycles. The SMILES string of the molecule is CC1CCN(N)C1(C)C(=O)O.[NaH]. The Balaban J connectivity index is 0.00000121. The van der Waals surface area contributed by atoms with Crippen molar-refractivity contribution in [2.24, 2.45) is 11.8 Å². The second kappa shape index (κ2) is 4.07. The van der Waals surface area contributed by atoms with Gasteiger partial charge in [-0.2, -0.15) is 0 Å². The van der Waals surface area contributed by atoms with Crippen LogP contribution in [0.1, 0.15) is 20.3 Å². The molecule has 1 aliphatic heterocycles. The number of aliphatic carboxylic acids is 1. The van der Waals surface area contributed by atoms with Gasteiger partial charge in [0.2, 0.25) is 0 Å². The number of carboxylic acids is 1. The van der Waals surface area contributed by atoms with E-state index >= 15 is 0 Å². The summed E-state index contributed by atoms with van der Waals surface area (Å²) in [6.45, 7) is 4.26. The van der Waals surface area contributed by atoms with Crippen molar-refractivity contribution in [1.29, 1.82) is 0 Å². The van der Waals surface area contributed by atoms with Gasteiger partial charge in [0, 0.05) is 6.54 Å². The molecule has 3 N–H and O–H groups in total. The van der Waals surface area contributed by atoms with E-state index < -0.39 is 11.5 Å². The van der Waals surface area contributed by atoms with E-state index in [-0.39, 0.29) is 35.5 Å². The molecule has 0 bridgehead atoms. The number of hydrogen-bond acceptors (Lipinski definition) is 3. The molecule has 1 rings (SSSR count). The van der Waals surface area contributed by atoms with Crippen LogP contribution < -0.4 is 5.84 Å². The molecular weight excluding hydrogens is 167 g/mol. The van der Waals surface area contributed by atoms with Gasteiger partial charge in [0.1, 0.15) is 5.54 Å². The zero-order valence-electron chi connectivity index (χ0n) is 6.87. The molecule has 0 aliphatic carbocycles. The minimum absolute atomic E-state index is 0. The van der Waals surface area contributed by atoms with Crippen LogP contribution in [0.25, 0.3) is 0 Å². The van der Waals surface area contributed by atoms with Crippen molar-refractivity contribution in [3.63, 3.8) is 0 Å². The third-order valence-corrected chi connectivity index (χ3v) is 2.79. The first-order valence-corrected chi connectivity index (χ1v) is 3.75. The van der Waals surface area contributed by atoms with Gasteiger partial charge in [-0.15, -0.1) is 0 Å². The molecule has 5 heteroatoms. The van der Waals surface area contributed by atoms with Crippen LogP contribution in [0.5, 0.6) is 0 Å². The molecule has 2 unspecified atom stereocenters. The summed E-state index contributed by atoms with van der Waals surface area (Å²) < 4.78 is 0. The fourth-order valence-corrected chi connectivity index (χ4v) is 1.46. The van der Waals surface area contributed by atoms with E-state index in [0.717, 1.165) is 6.42 Å². The molecule has 1 heterocycles. The fraction of sp³-hybridized carbons (Fsp3) is 0.857. The van der Waals surface area contributed by atoms with Crippen LogP contribution in [0.3, 0.4) is 0 Å². The van der Waals surface area contributed by atoms with Crippen molar-refractivity contribution in [1.82, 2.24) is 5.01 Å². The molecule has 66 valence electrons. The molecule has 0 saturated carbocycles. The van der Waals surface area contributed by atoms with Gasteiger partial charge in [0.25, 0.3) is 0 Å². The normalized spacial score (nSPS) is 36.1. The molecule has 1 fully saturated rings. The van der Waals surface area contributed by atoms with Crippen LogP contribution in [0, 0.1) is 5.92 Å². The third kappa shape index (κ3) is 1.67. The van der Waals surface area contributed by atoms with E-state index in [1.54, 1.807) is 6.92 Å². The quantitative estimate of drug-likeness (QED) is 0.419. The first-order chi connectivity index (χ1) is 4.99. The Hall–Kier alpha value is 0.390. The van der Waals surface area contributed by atoms with Crippen molar-refractivity contribution < 1.29 is 9.90 Å². The van der Waals surface area contributed by atoms with E-state index in [1.807, 2.05) is 6.92 Å². The van der Waals surface area contributed by atoms with Gasteiger partial charge >= 0.3 is 35.5 Å². The zero-order chi connectivity index (χ0) is 8.65. The van der Waals surface area contributed by atoms with Gasteiger partial charge in [-0.25, -0.2) is 5.01 Å². The number of carboxylic acid groups (broad SMARTS) is 1. The fourth-order valence-electron chi connectivity index (χ4n) is 1.46. The van der Waals surface area contributed by atoms with Crippen molar-refractivity contribution in [3.05, 3.63) is 0 Å². The Labute approximate surface area is 94.4 Å². The average molecular weight is 182 g/mol. The number of rotatable bonds is 1. The molecule has 2 atom stereocenters. The second-order valence-corrected chi connectivity index (χ2v) is 3.34. The van der Waals surface area contributed by atoms with Crippen LogP contribution >= 0.6 is 0 Å². The van der Waals surface area contributed by atoms with E-state index in [0.29, 0.717) is 6.54 Å². The van der Waals surface area contributed by atoms with Crippen molar-refractivity contribution in [3.8, 4) is 0 Å². The van der Waals surface area contributed by atoms with Crippen molar-refractivity contribution >= 4 is 35.5 Å². The Morgan fingerprint density at radius 1 is 1.75 bits per heavy atom.